The van der Waals surface area contributed by atoms with Crippen LogP contribution in [-0.4, -0.2) is 41.9 Å². The molecule has 0 spiro atoms. The number of hydrogen-bond acceptors (Lipinski definition) is 4. The molecule has 0 aliphatic carbocycles. The minimum Gasteiger partial charge on any atom is -0.394 e. The van der Waals surface area contributed by atoms with Crippen LogP contribution >= 0.6 is 0 Å². The van der Waals surface area contributed by atoms with Crippen LogP contribution in [-0.2, 0) is 4.79 Å². The fourth-order valence-corrected chi connectivity index (χ4v) is 1.28. The Morgan fingerprint density at radius 2 is 2.00 bits per heavy atom. The van der Waals surface area contributed by atoms with Crippen molar-refractivity contribution in [2.75, 3.05) is 13.6 Å². The van der Waals surface area contributed by atoms with E-state index in [0.29, 0.717) is 18.4 Å². The third-order valence-electron chi connectivity index (χ3n) is 2.32. The first-order valence-corrected chi connectivity index (χ1v) is 4.67. The second-order valence-electron chi connectivity index (χ2n) is 3.47. The van der Waals surface area contributed by atoms with Gasteiger partial charge in [0.15, 0.2) is 0 Å². The van der Waals surface area contributed by atoms with Gasteiger partial charge in [-0.1, -0.05) is 13.5 Å². The number of likely N-dealkylation sites (N-methyl/N-ethyl adjacent to an activating group) is 1. The quantitative estimate of drug-likeness (QED) is 0.179. The van der Waals surface area contributed by atoms with E-state index in [1.165, 1.54) is 6.08 Å². The Hall–Kier alpha value is 0.926. The van der Waals surface area contributed by atoms with Crippen molar-refractivity contribution in [3.8, 4) is 0 Å². The summed E-state index contributed by atoms with van der Waals surface area (Å²) in [4.78, 5) is 11.4. The van der Waals surface area contributed by atoms with Gasteiger partial charge < -0.3 is 9.91 Å². The number of rotatable bonds is 1. The number of hydrogen-bond donors (Lipinski definition) is 1. The number of carbonyl (C=O) groups excluding carboxylic acids is 1. The minimum atomic E-state index is 0. The van der Waals surface area contributed by atoms with Crippen molar-refractivity contribution >= 4 is 6.29 Å². The molecule has 0 saturated carbocycles. The van der Waals surface area contributed by atoms with Crippen LogP contribution in [0.4, 0.5) is 0 Å². The Kier molecular flexibility index (Phi) is 12.3. The predicted octanol–water partition coefficient (Wildman–Crippen LogP) is -2.58. The molecule has 1 rings (SSSR count). The maximum absolute atomic E-state index is 9.06. The molecule has 0 radical (unpaired) electrons. The van der Waals surface area contributed by atoms with Gasteiger partial charge in [-0.2, -0.15) is 0 Å². The van der Waals surface area contributed by atoms with E-state index in [2.05, 4.69) is 32.4 Å². The molecule has 1 heterocycles. The van der Waals surface area contributed by atoms with Crippen molar-refractivity contribution in [1.29, 1.82) is 0 Å². The molecule has 0 aromatic rings. The molecule has 15 heavy (non-hydrogen) atoms. The van der Waals surface area contributed by atoms with Crippen LogP contribution in [0.25, 0.3) is 0 Å². The van der Waals surface area contributed by atoms with Crippen molar-refractivity contribution in [2.45, 2.75) is 25.9 Å². The van der Waals surface area contributed by atoms with Crippen molar-refractivity contribution in [1.82, 2.24) is 9.91 Å². The van der Waals surface area contributed by atoms with Crippen LogP contribution < -0.4 is 57.2 Å². The van der Waals surface area contributed by atoms with Crippen LogP contribution in [0.2, 0.25) is 0 Å². The Morgan fingerprint density at radius 1 is 1.53 bits per heavy atom. The molecule has 0 aromatic heterocycles. The molecule has 4 nitrogen and oxygen atoms in total. The number of nitrogens with two attached hydrogens (primary N) is 1. The van der Waals surface area contributed by atoms with Crippen molar-refractivity contribution in [2.24, 2.45) is 5.84 Å². The summed E-state index contributed by atoms with van der Waals surface area (Å²) in [6.07, 6.45) is 1.83. The van der Waals surface area contributed by atoms with E-state index < -0.39 is 0 Å². The van der Waals surface area contributed by atoms with Gasteiger partial charge in [0.1, 0.15) is 6.29 Å². The Labute approximate surface area is 135 Å². The van der Waals surface area contributed by atoms with Crippen molar-refractivity contribution in [3.05, 3.63) is 19.2 Å². The van der Waals surface area contributed by atoms with E-state index in [9.17, 15) is 0 Å². The molecule has 5 heteroatoms. The number of piperazine rings is 1. The van der Waals surface area contributed by atoms with Gasteiger partial charge in [-0.05, 0) is 26.6 Å². The standard InChI is InChI=1S/C7H16N3.C3H4O.K/c1-6-4-10(8)5-7(2)9(6)3;1-2-3-4;/h4,6-7H,5,8H2,1-3H3;2-3H,1H2;/q-1;;+1. The van der Waals surface area contributed by atoms with Gasteiger partial charge in [0, 0.05) is 6.04 Å². The summed E-state index contributed by atoms with van der Waals surface area (Å²) >= 11 is 0. The van der Waals surface area contributed by atoms with Gasteiger partial charge in [-0.15, -0.1) is 6.04 Å². The minimum absolute atomic E-state index is 0. The van der Waals surface area contributed by atoms with Crippen LogP contribution in [0.1, 0.15) is 13.8 Å². The van der Waals surface area contributed by atoms with E-state index in [-0.39, 0.29) is 51.4 Å². The molecule has 2 N–H and O–H groups in total. The molecule has 82 valence electrons. The summed E-state index contributed by atoms with van der Waals surface area (Å²) in [5.74, 6) is 5.63. The van der Waals surface area contributed by atoms with Crippen LogP contribution in [0.5, 0.6) is 0 Å². The maximum atomic E-state index is 9.06. The first-order chi connectivity index (χ1) is 6.52. The van der Waals surface area contributed by atoms with E-state index in [4.69, 9.17) is 10.6 Å². The molecule has 1 aliphatic heterocycles. The van der Waals surface area contributed by atoms with Crippen LogP contribution in [0, 0.1) is 6.54 Å². The zero-order valence-electron chi connectivity index (χ0n) is 10.2. The third kappa shape index (κ3) is 7.76. The Morgan fingerprint density at radius 3 is 2.33 bits per heavy atom. The molecule has 2 atom stereocenters. The monoisotopic (exact) mass is 237 g/mol. The summed E-state index contributed by atoms with van der Waals surface area (Å²) < 4.78 is 0. The molecule has 0 bridgehead atoms. The summed E-state index contributed by atoms with van der Waals surface area (Å²) in [6.45, 7) is 10.4. The SMILES string of the molecule is C=CC=O.CC1[CH-]N(N)CC(C)N1C.[K+]. The van der Waals surface area contributed by atoms with Crippen LogP contribution in [0.15, 0.2) is 12.7 Å². The van der Waals surface area contributed by atoms with E-state index in [0.717, 1.165) is 6.54 Å². The van der Waals surface area contributed by atoms with Gasteiger partial charge >= 0.3 is 51.4 Å². The second-order valence-corrected chi connectivity index (χ2v) is 3.47. The summed E-state index contributed by atoms with van der Waals surface area (Å²) in [5.41, 5.74) is 0. The van der Waals surface area contributed by atoms with Crippen LogP contribution in [0.3, 0.4) is 0 Å². The molecule has 0 aromatic carbocycles. The van der Waals surface area contributed by atoms with Gasteiger partial charge in [-0.25, -0.2) is 6.54 Å². The fourth-order valence-electron chi connectivity index (χ4n) is 1.28. The molecule has 1 saturated heterocycles. The fraction of sp³-hybridized carbons (Fsp3) is 0.600. The topological polar surface area (TPSA) is 49.6 Å². The normalized spacial score (nSPS) is 26.9. The van der Waals surface area contributed by atoms with E-state index in [1.54, 1.807) is 5.01 Å². The van der Waals surface area contributed by atoms with Gasteiger partial charge in [-0.3, -0.25) is 10.6 Å². The third-order valence-corrected chi connectivity index (χ3v) is 2.32. The Balaban J connectivity index is 0. The number of nitrogens with zero attached hydrogens (tertiary/aromatic N) is 2. The number of carbonyl (C=O) groups is 1. The second kappa shape index (κ2) is 10.1. The molecule has 1 fully saturated rings. The summed E-state index contributed by atoms with van der Waals surface area (Å²) in [7, 11) is 2.12. The summed E-state index contributed by atoms with van der Waals surface area (Å²) in [5, 5.41) is 1.77. The smallest absolute Gasteiger partial charge is 0.394 e. The predicted molar refractivity (Wildman–Crippen MR) is 58.1 cm³/mol. The summed E-state index contributed by atoms with van der Waals surface area (Å²) in [6, 6.07) is 1.03. The zero-order chi connectivity index (χ0) is 11.1. The molecular weight excluding hydrogens is 217 g/mol. The van der Waals surface area contributed by atoms with Crippen molar-refractivity contribution in [3.63, 3.8) is 0 Å². The number of aldehydes is 1. The zero-order valence-corrected chi connectivity index (χ0v) is 13.3. The average Bonchev–Trinajstić information content (AvgIpc) is 2.14. The largest absolute Gasteiger partial charge is 1.00 e. The number of hydrazine groups is 1. The maximum Gasteiger partial charge on any atom is 1.00 e. The molecule has 2 unspecified atom stereocenters. The molecule has 1 aliphatic rings. The first kappa shape index (κ1) is 18.3. The average molecular weight is 237 g/mol. The van der Waals surface area contributed by atoms with Gasteiger partial charge in [0.25, 0.3) is 0 Å². The van der Waals surface area contributed by atoms with E-state index >= 15 is 0 Å². The van der Waals surface area contributed by atoms with E-state index in [1.807, 2.05) is 6.54 Å². The van der Waals surface area contributed by atoms with Gasteiger partial charge in [0.05, 0.1) is 0 Å². The van der Waals surface area contributed by atoms with Gasteiger partial charge in [0.2, 0.25) is 0 Å². The first-order valence-electron chi connectivity index (χ1n) is 4.67. The van der Waals surface area contributed by atoms with Crippen molar-refractivity contribution < 1.29 is 56.2 Å². The molecule has 0 amide bonds. The Bertz CT molecular complexity index is 172. The molecular formula is C10H20KN3O. The number of allylic oxidation sites excluding steroid dienone is 1.